The van der Waals surface area contributed by atoms with Gasteiger partial charge >= 0.3 is 6.03 Å². The quantitative estimate of drug-likeness (QED) is 0.506. The summed E-state index contributed by atoms with van der Waals surface area (Å²) in [6.07, 6.45) is 0.746. The number of aromatic nitrogens is 2. The van der Waals surface area contributed by atoms with Crippen molar-refractivity contribution in [2.24, 2.45) is 0 Å². The van der Waals surface area contributed by atoms with E-state index in [1.54, 1.807) is 12.1 Å². The average Bonchev–Trinajstić information content (AvgIpc) is 3.10. The third-order valence-electron chi connectivity index (χ3n) is 4.98. The number of urea groups is 1. The van der Waals surface area contributed by atoms with Crippen LogP contribution < -0.4 is 16.0 Å². The Morgan fingerprint density at radius 2 is 1.59 bits per heavy atom. The van der Waals surface area contributed by atoms with Crippen molar-refractivity contribution < 1.29 is 9.59 Å². The van der Waals surface area contributed by atoms with Gasteiger partial charge in [0.1, 0.15) is 0 Å². The summed E-state index contributed by atoms with van der Waals surface area (Å²) in [7, 11) is 0. The number of hydrogen-bond donors (Lipinski definition) is 3. The van der Waals surface area contributed by atoms with Crippen molar-refractivity contribution in [2.45, 2.75) is 46.7 Å². The van der Waals surface area contributed by atoms with Gasteiger partial charge in [-0.15, -0.1) is 0 Å². The Bertz CT molecular complexity index is 1050. The highest BCUT2D eigenvalue weighted by Crippen LogP contribution is 2.13. The van der Waals surface area contributed by atoms with E-state index in [4.69, 9.17) is 0 Å². The topological polar surface area (TPSA) is 88.0 Å². The molecule has 1 heterocycles. The molecule has 3 aromatic rings. The molecule has 3 N–H and O–H groups in total. The second-order valence-electron chi connectivity index (χ2n) is 8.19. The summed E-state index contributed by atoms with van der Waals surface area (Å²) in [6, 6.07) is 17.4. The van der Waals surface area contributed by atoms with E-state index in [0.717, 1.165) is 34.6 Å². The average molecular weight is 434 g/mol. The fourth-order valence-electron chi connectivity index (χ4n) is 3.39. The van der Waals surface area contributed by atoms with Gasteiger partial charge in [-0.1, -0.05) is 24.3 Å². The smallest absolute Gasteiger partial charge is 0.315 e. The molecule has 0 bridgehead atoms. The monoisotopic (exact) mass is 433 g/mol. The van der Waals surface area contributed by atoms with Gasteiger partial charge in [-0.25, -0.2) is 9.48 Å². The SMILES string of the molecule is Cc1cc(C)n(-c2ccc(CCNC(=O)c3ccc(CNC(=O)NC(C)C)cc3)cc2)n1. The number of carbonyl (C=O) groups excluding carboxylic acids is 2. The molecular formula is C25H31N5O2. The molecule has 0 spiro atoms. The van der Waals surface area contributed by atoms with Crippen molar-refractivity contribution in [3.05, 3.63) is 82.7 Å². The van der Waals surface area contributed by atoms with Crippen molar-refractivity contribution >= 4 is 11.9 Å². The Morgan fingerprint density at radius 3 is 2.19 bits per heavy atom. The summed E-state index contributed by atoms with van der Waals surface area (Å²) in [5.41, 5.74) is 5.80. The fraction of sp³-hybridized carbons (Fsp3) is 0.320. The Hall–Kier alpha value is -3.61. The molecule has 0 saturated carbocycles. The van der Waals surface area contributed by atoms with Gasteiger partial charge in [0.05, 0.1) is 11.4 Å². The lowest BCUT2D eigenvalue weighted by Gasteiger charge is -2.10. The van der Waals surface area contributed by atoms with E-state index >= 15 is 0 Å². The van der Waals surface area contributed by atoms with E-state index in [2.05, 4.69) is 39.2 Å². The molecule has 0 atom stereocenters. The largest absolute Gasteiger partial charge is 0.352 e. The van der Waals surface area contributed by atoms with Crippen LogP contribution in [0.15, 0.2) is 54.6 Å². The summed E-state index contributed by atoms with van der Waals surface area (Å²) >= 11 is 0. The lowest BCUT2D eigenvalue weighted by atomic mass is 10.1. The molecule has 7 heteroatoms. The summed E-state index contributed by atoms with van der Waals surface area (Å²) in [4.78, 5) is 24.1. The van der Waals surface area contributed by atoms with Crippen molar-refractivity contribution in [3.8, 4) is 5.69 Å². The molecule has 0 fully saturated rings. The molecule has 3 rings (SSSR count). The maximum Gasteiger partial charge on any atom is 0.315 e. The first-order valence-corrected chi connectivity index (χ1v) is 10.9. The Labute approximate surface area is 189 Å². The first kappa shape index (κ1) is 23.1. The van der Waals surface area contributed by atoms with Gasteiger partial charge in [0, 0.05) is 30.4 Å². The lowest BCUT2D eigenvalue weighted by molar-refractivity contribution is 0.0954. The molecule has 7 nitrogen and oxygen atoms in total. The molecule has 0 unspecified atom stereocenters. The molecule has 0 aliphatic rings. The molecule has 1 aromatic heterocycles. The van der Waals surface area contributed by atoms with Crippen LogP contribution in [0.3, 0.4) is 0 Å². The zero-order valence-corrected chi connectivity index (χ0v) is 19.1. The Balaban J connectivity index is 1.45. The van der Waals surface area contributed by atoms with Crippen molar-refractivity contribution in [1.29, 1.82) is 0 Å². The molecule has 0 saturated heterocycles. The van der Waals surface area contributed by atoms with Gasteiger partial charge in [-0.05, 0) is 75.6 Å². The number of nitrogens with one attached hydrogen (secondary N) is 3. The predicted molar refractivity (Wildman–Crippen MR) is 126 cm³/mol. The lowest BCUT2D eigenvalue weighted by Crippen LogP contribution is -2.39. The van der Waals surface area contributed by atoms with Crippen molar-refractivity contribution in [2.75, 3.05) is 6.54 Å². The third kappa shape index (κ3) is 6.44. The third-order valence-corrected chi connectivity index (χ3v) is 4.98. The summed E-state index contributed by atoms with van der Waals surface area (Å²) in [5, 5.41) is 13.0. The van der Waals surface area contributed by atoms with Crippen LogP contribution in [-0.2, 0) is 13.0 Å². The zero-order chi connectivity index (χ0) is 23.1. The molecular weight excluding hydrogens is 402 g/mol. The molecule has 168 valence electrons. The Morgan fingerprint density at radius 1 is 0.938 bits per heavy atom. The molecule has 0 radical (unpaired) electrons. The Kier molecular flexibility index (Phi) is 7.65. The number of carbonyl (C=O) groups is 2. The summed E-state index contributed by atoms with van der Waals surface area (Å²) < 4.78 is 1.93. The standard InChI is InChI=1S/C25H31N5O2/c1-17(2)28-25(32)27-16-21-5-9-22(10-6-21)24(31)26-14-13-20-7-11-23(12-8-20)30-19(4)15-18(3)29-30/h5-12,15,17H,13-14,16H2,1-4H3,(H,26,31)(H2,27,28,32). The molecule has 0 aliphatic heterocycles. The van der Waals surface area contributed by atoms with Gasteiger partial charge < -0.3 is 16.0 Å². The van der Waals surface area contributed by atoms with Gasteiger partial charge in [-0.3, -0.25) is 4.79 Å². The van der Waals surface area contributed by atoms with E-state index in [1.165, 1.54) is 0 Å². The maximum atomic E-state index is 12.4. The molecule has 3 amide bonds. The van der Waals surface area contributed by atoms with Crippen LogP contribution in [0.2, 0.25) is 0 Å². The van der Waals surface area contributed by atoms with Crippen LogP contribution in [-0.4, -0.2) is 34.3 Å². The van der Waals surface area contributed by atoms with Gasteiger partial charge in [-0.2, -0.15) is 5.10 Å². The number of nitrogens with zero attached hydrogens (tertiary/aromatic N) is 2. The second kappa shape index (κ2) is 10.6. The van der Waals surface area contributed by atoms with Crippen LogP contribution in [0.1, 0.15) is 46.7 Å². The highest BCUT2D eigenvalue weighted by Gasteiger charge is 2.07. The minimum atomic E-state index is -0.204. The van der Waals surface area contributed by atoms with E-state index in [-0.39, 0.29) is 18.0 Å². The molecule has 0 aliphatic carbocycles. The number of benzene rings is 2. The second-order valence-corrected chi connectivity index (χ2v) is 8.19. The fourth-order valence-corrected chi connectivity index (χ4v) is 3.39. The first-order chi connectivity index (χ1) is 15.3. The highest BCUT2D eigenvalue weighted by atomic mass is 16.2. The predicted octanol–water partition coefficient (Wildman–Crippen LogP) is 3.67. The molecule has 32 heavy (non-hydrogen) atoms. The minimum Gasteiger partial charge on any atom is -0.352 e. The summed E-state index contributed by atoms with van der Waals surface area (Å²) in [5.74, 6) is -0.110. The minimum absolute atomic E-state index is 0.0869. The van der Waals surface area contributed by atoms with Crippen LogP contribution in [0.4, 0.5) is 4.79 Å². The zero-order valence-electron chi connectivity index (χ0n) is 19.1. The van der Waals surface area contributed by atoms with Crippen LogP contribution in [0.25, 0.3) is 5.69 Å². The van der Waals surface area contributed by atoms with E-state index < -0.39 is 0 Å². The van der Waals surface area contributed by atoms with Crippen LogP contribution in [0, 0.1) is 13.8 Å². The number of amides is 3. The van der Waals surface area contributed by atoms with Crippen molar-refractivity contribution in [3.63, 3.8) is 0 Å². The highest BCUT2D eigenvalue weighted by molar-refractivity contribution is 5.94. The summed E-state index contributed by atoms with van der Waals surface area (Å²) in [6.45, 7) is 8.80. The van der Waals surface area contributed by atoms with Gasteiger partial charge in [0.25, 0.3) is 5.91 Å². The van der Waals surface area contributed by atoms with Crippen LogP contribution >= 0.6 is 0 Å². The van der Waals surface area contributed by atoms with Gasteiger partial charge in [0.2, 0.25) is 0 Å². The normalized spacial score (nSPS) is 10.8. The number of aryl methyl sites for hydroxylation is 2. The molecule has 2 aromatic carbocycles. The number of hydrogen-bond acceptors (Lipinski definition) is 3. The first-order valence-electron chi connectivity index (χ1n) is 10.9. The van der Waals surface area contributed by atoms with E-state index in [9.17, 15) is 9.59 Å². The van der Waals surface area contributed by atoms with Gasteiger partial charge in [0.15, 0.2) is 0 Å². The maximum absolute atomic E-state index is 12.4. The van der Waals surface area contributed by atoms with Crippen LogP contribution in [0.5, 0.6) is 0 Å². The number of rotatable bonds is 8. The van der Waals surface area contributed by atoms with E-state index in [1.807, 2.05) is 56.6 Å². The van der Waals surface area contributed by atoms with E-state index in [0.29, 0.717) is 18.7 Å². The van der Waals surface area contributed by atoms with Crippen molar-refractivity contribution in [1.82, 2.24) is 25.7 Å².